The Labute approximate surface area is 127 Å². The van der Waals surface area contributed by atoms with E-state index in [-0.39, 0.29) is 0 Å². The topological polar surface area (TPSA) is 82.2 Å². The molecule has 2 rings (SSSR count). The van der Waals surface area contributed by atoms with Crippen LogP contribution in [-0.2, 0) is 4.79 Å². The summed E-state index contributed by atoms with van der Waals surface area (Å²) in [5.74, 6) is -1.49. The number of hydrogen-bond acceptors (Lipinski definition) is 2. The van der Waals surface area contributed by atoms with E-state index in [4.69, 9.17) is 11.6 Å². The molecule has 0 spiro atoms. The van der Waals surface area contributed by atoms with Gasteiger partial charge in [-0.05, 0) is 31.5 Å². The molecule has 0 aliphatic carbocycles. The molecular formula is C15H17ClN2O3. The smallest absolute Gasteiger partial charge is 0.329 e. The lowest BCUT2D eigenvalue weighted by Crippen LogP contribution is -2.52. The van der Waals surface area contributed by atoms with Crippen LogP contribution in [0.25, 0.3) is 10.9 Å². The van der Waals surface area contributed by atoms with E-state index in [1.165, 1.54) is 6.92 Å². The van der Waals surface area contributed by atoms with Crippen LogP contribution in [0.1, 0.15) is 37.2 Å². The third kappa shape index (κ3) is 3.19. The van der Waals surface area contributed by atoms with Crippen LogP contribution in [0.15, 0.2) is 24.3 Å². The second kappa shape index (κ2) is 5.77. The number of halogens is 1. The van der Waals surface area contributed by atoms with Crippen LogP contribution in [0.5, 0.6) is 0 Å². The summed E-state index contributed by atoms with van der Waals surface area (Å²) >= 11 is 5.90. The lowest BCUT2D eigenvalue weighted by molar-refractivity contribution is -0.144. The number of fused-ring (bicyclic) bond motifs is 1. The molecular weight excluding hydrogens is 292 g/mol. The van der Waals surface area contributed by atoms with Gasteiger partial charge in [-0.1, -0.05) is 31.0 Å². The lowest BCUT2D eigenvalue weighted by atomic mass is 9.96. The Balaban J connectivity index is 2.27. The average Bonchev–Trinajstić information content (AvgIpc) is 2.81. The molecule has 0 radical (unpaired) electrons. The van der Waals surface area contributed by atoms with Gasteiger partial charge in [-0.15, -0.1) is 0 Å². The molecule has 0 bridgehead atoms. The predicted molar refractivity (Wildman–Crippen MR) is 81.7 cm³/mol. The molecule has 1 aromatic carbocycles. The van der Waals surface area contributed by atoms with Gasteiger partial charge in [0.1, 0.15) is 11.2 Å². The van der Waals surface area contributed by atoms with E-state index >= 15 is 0 Å². The molecule has 0 saturated heterocycles. The summed E-state index contributed by atoms with van der Waals surface area (Å²) in [6.07, 6.45) is 1.02. The molecule has 3 N–H and O–H groups in total. The van der Waals surface area contributed by atoms with Crippen molar-refractivity contribution in [2.75, 3.05) is 0 Å². The standard InChI is InChI=1S/C15H17ClN2O3/c1-3-6-15(2,14(20)21)18-13(19)12-7-9-4-5-10(16)8-11(9)17-12/h4-5,7-8,17H,3,6H2,1-2H3,(H,18,19)(H,20,21). The largest absolute Gasteiger partial charge is 0.480 e. The first-order valence-electron chi connectivity index (χ1n) is 6.70. The maximum absolute atomic E-state index is 12.3. The Bertz CT molecular complexity index is 695. The quantitative estimate of drug-likeness (QED) is 0.793. The Morgan fingerprint density at radius 3 is 2.71 bits per heavy atom. The summed E-state index contributed by atoms with van der Waals surface area (Å²) in [4.78, 5) is 26.6. The van der Waals surface area contributed by atoms with Crippen molar-refractivity contribution in [3.63, 3.8) is 0 Å². The molecule has 0 aliphatic rings. The van der Waals surface area contributed by atoms with E-state index in [0.717, 1.165) is 10.9 Å². The minimum absolute atomic E-state index is 0.316. The zero-order chi connectivity index (χ0) is 15.6. The van der Waals surface area contributed by atoms with Crippen LogP contribution >= 0.6 is 11.6 Å². The molecule has 1 atom stereocenters. The number of rotatable bonds is 5. The van der Waals surface area contributed by atoms with Crippen LogP contribution in [0.4, 0.5) is 0 Å². The van der Waals surface area contributed by atoms with E-state index in [1.807, 2.05) is 6.92 Å². The van der Waals surface area contributed by atoms with Gasteiger partial charge >= 0.3 is 5.97 Å². The molecule has 5 nitrogen and oxygen atoms in total. The maximum Gasteiger partial charge on any atom is 0.329 e. The van der Waals surface area contributed by atoms with Crippen LogP contribution in [0, 0.1) is 0 Å². The van der Waals surface area contributed by atoms with Crippen LogP contribution in [0.3, 0.4) is 0 Å². The summed E-state index contributed by atoms with van der Waals surface area (Å²) < 4.78 is 0. The second-order valence-corrected chi connectivity index (χ2v) is 5.69. The van der Waals surface area contributed by atoms with E-state index in [2.05, 4.69) is 10.3 Å². The van der Waals surface area contributed by atoms with Crippen molar-refractivity contribution in [3.8, 4) is 0 Å². The molecule has 1 amide bonds. The Morgan fingerprint density at radius 2 is 2.10 bits per heavy atom. The number of nitrogens with one attached hydrogen (secondary N) is 2. The summed E-state index contributed by atoms with van der Waals surface area (Å²) in [5.41, 5.74) is -0.225. The number of carbonyl (C=O) groups is 2. The summed E-state index contributed by atoms with van der Waals surface area (Å²) in [7, 11) is 0. The van der Waals surface area contributed by atoms with Gasteiger partial charge in [0.2, 0.25) is 0 Å². The van der Waals surface area contributed by atoms with Gasteiger partial charge in [-0.25, -0.2) is 4.79 Å². The van der Waals surface area contributed by atoms with E-state index in [1.54, 1.807) is 24.3 Å². The van der Waals surface area contributed by atoms with Gasteiger partial charge < -0.3 is 15.4 Å². The van der Waals surface area contributed by atoms with Crippen molar-refractivity contribution in [3.05, 3.63) is 35.0 Å². The van der Waals surface area contributed by atoms with E-state index in [0.29, 0.717) is 23.6 Å². The number of benzene rings is 1. The normalized spacial score (nSPS) is 13.9. The first-order valence-corrected chi connectivity index (χ1v) is 7.07. The van der Waals surface area contributed by atoms with Crippen molar-refractivity contribution >= 4 is 34.4 Å². The molecule has 1 unspecified atom stereocenters. The molecule has 2 aromatic rings. The minimum atomic E-state index is -1.28. The minimum Gasteiger partial charge on any atom is -0.480 e. The van der Waals surface area contributed by atoms with Crippen LogP contribution in [0.2, 0.25) is 5.02 Å². The first-order chi connectivity index (χ1) is 9.85. The zero-order valence-electron chi connectivity index (χ0n) is 11.9. The molecule has 1 aromatic heterocycles. The third-order valence-electron chi connectivity index (χ3n) is 3.44. The lowest BCUT2D eigenvalue weighted by Gasteiger charge is -2.25. The monoisotopic (exact) mass is 308 g/mol. The number of amides is 1. The van der Waals surface area contributed by atoms with Gasteiger partial charge in [0, 0.05) is 15.9 Å². The van der Waals surface area contributed by atoms with Crippen LogP contribution in [-0.4, -0.2) is 27.5 Å². The number of carboxylic acid groups (broad SMARTS) is 1. The Kier molecular flexibility index (Phi) is 4.23. The Hall–Kier alpha value is -2.01. The predicted octanol–water partition coefficient (Wildman–Crippen LogP) is 3.19. The molecule has 6 heteroatoms. The summed E-state index contributed by atoms with van der Waals surface area (Å²) in [5, 5.41) is 13.3. The first kappa shape index (κ1) is 15.4. The van der Waals surface area contributed by atoms with Gasteiger partial charge in [-0.2, -0.15) is 0 Å². The van der Waals surface area contributed by atoms with Crippen molar-refractivity contribution in [2.24, 2.45) is 0 Å². The van der Waals surface area contributed by atoms with E-state index < -0.39 is 17.4 Å². The highest BCUT2D eigenvalue weighted by Crippen LogP contribution is 2.21. The highest BCUT2D eigenvalue weighted by molar-refractivity contribution is 6.31. The molecule has 1 heterocycles. The molecule has 21 heavy (non-hydrogen) atoms. The van der Waals surface area contributed by atoms with E-state index in [9.17, 15) is 14.7 Å². The van der Waals surface area contributed by atoms with Crippen molar-refractivity contribution < 1.29 is 14.7 Å². The van der Waals surface area contributed by atoms with Crippen molar-refractivity contribution in [1.29, 1.82) is 0 Å². The fourth-order valence-corrected chi connectivity index (χ4v) is 2.43. The molecule has 0 saturated carbocycles. The van der Waals surface area contributed by atoms with Crippen molar-refractivity contribution in [1.82, 2.24) is 10.3 Å². The second-order valence-electron chi connectivity index (χ2n) is 5.26. The third-order valence-corrected chi connectivity index (χ3v) is 3.68. The molecule has 0 aliphatic heterocycles. The highest BCUT2D eigenvalue weighted by Gasteiger charge is 2.34. The van der Waals surface area contributed by atoms with Crippen LogP contribution < -0.4 is 5.32 Å². The number of carbonyl (C=O) groups excluding carboxylic acids is 1. The van der Waals surface area contributed by atoms with Gasteiger partial charge in [0.15, 0.2) is 0 Å². The number of H-pyrrole nitrogens is 1. The molecule has 112 valence electrons. The SMILES string of the molecule is CCCC(C)(NC(=O)c1cc2ccc(Cl)cc2[nH]1)C(=O)O. The summed E-state index contributed by atoms with van der Waals surface area (Å²) in [6.45, 7) is 3.38. The molecule has 0 fully saturated rings. The number of aromatic amines is 1. The fraction of sp³-hybridized carbons (Fsp3) is 0.333. The number of aromatic nitrogens is 1. The summed E-state index contributed by atoms with van der Waals surface area (Å²) in [6, 6.07) is 6.93. The average molecular weight is 309 g/mol. The van der Waals surface area contributed by atoms with Gasteiger partial charge in [0.05, 0.1) is 0 Å². The fourth-order valence-electron chi connectivity index (χ4n) is 2.26. The Morgan fingerprint density at radius 1 is 1.38 bits per heavy atom. The zero-order valence-corrected chi connectivity index (χ0v) is 12.6. The van der Waals surface area contributed by atoms with Gasteiger partial charge in [-0.3, -0.25) is 4.79 Å². The number of aliphatic carboxylic acids is 1. The maximum atomic E-state index is 12.3. The highest BCUT2D eigenvalue weighted by atomic mass is 35.5. The number of hydrogen-bond donors (Lipinski definition) is 3. The van der Waals surface area contributed by atoms with Crippen molar-refractivity contribution in [2.45, 2.75) is 32.2 Å². The van der Waals surface area contributed by atoms with Gasteiger partial charge in [0.25, 0.3) is 5.91 Å². The number of carboxylic acids is 1.